The van der Waals surface area contributed by atoms with Gasteiger partial charge in [-0.3, -0.25) is 14.9 Å². The summed E-state index contributed by atoms with van der Waals surface area (Å²) in [6.07, 6.45) is -20.1. The molecule has 25 heteroatoms. The van der Waals surface area contributed by atoms with Gasteiger partial charge in [-0.05, 0) is 38.5 Å². The predicted molar refractivity (Wildman–Crippen MR) is 235 cm³/mol. The Kier molecular flexibility index (Phi) is 21.6. The summed E-state index contributed by atoms with van der Waals surface area (Å²) in [5.74, 6) is -1.81. The van der Waals surface area contributed by atoms with Gasteiger partial charge in [0, 0.05) is 62.4 Å². The summed E-state index contributed by atoms with van der Waals surface area (Å²) in [6, 6.07) is 0. The van der Waals surface area contributed by atoms with Gasteiger partial charge in [-0.25, -0.2) is 0 Å². The van der Waals surface area contributed by atoms with Crippen molar-refractivity contribution in [2.45, 2.75) is 175 Å². The second-order valence-corrected chi connectivity index (χ2v) is 18.5. The Bertz CT molecular complexity index is 1520. The average Bonchev–Trinajstić information content (AvgIpc) is 3.33. The third-order valence-corrected chi connectivity index (χ3v) is 13.6. The molecule has 0 aromatic rings. The number of carbonyl (C=O) groups is 2. The zero-order valence-corrected chi connectivity index (χ0v) is 38.7. The van der Waals surface area contributed by atoms with E-state index in [-0.39, 0.29) is 64.3 Å². The van der Waals surface area contributed by atoms with E-state index in [1.165, 1.54) is 0 Å². The van der Waals surface area contributed by atoms with Crippen LogP contribution in [0.5, 0.6) is 0 Å². The number of allylic oxidation sites excluding steroid dienone is 2. The Morgan fingerprint density at radius 1 is 0.449 bits per heavy atom. The lowest BCUT2D eigenvalue weighted by Gasteiger charge is -2.47. The maximum Gasteiger partial charge on any atom is 0.220 e. The van der Waals surface area contributed by atoms with E-state index in [1.807, 2.05) is 0 Å². The molecule has 12 fully saturated rings. The van der Waals surface area contributed by atoms with Crippen LogP contribution in [0.2, 0.25) is 0 Å². The van der Waals surface area contributed by atoms with Crippen LogP contribution in [0.1, 0.15) is 64.2 Å². The highest BCUT2D eigenvalue weighted by atomic mass is 16.7. The molecule has 25 nitrogen and oxygen atoms in total. The summed E-state index contributed by atoms with van der Waals surface area (Å²) in [5.41, 5.74) is 1.15. The van der Waals surface area contributed by atoms with Gasteiger partial charge in [-0.2, -0.15) is 0 Å². The lowest BCUT2D eigenvalue weighted by atomic mass is 9.84. The standard InChI is InChI=1S/C44H75N5O20/c1-21(9-11-29(52)46-15-25-23-7-3-5-13-62-41-37(60)33(56)39(27(17-50)66-41)68-43(64-25)35(58)31(23)54)48-19-45-20-49-22(2)10-12-30(53)47-16-26-24-8-4-6-14-63-42-38(61)34(57)40(28(18-51)67-42)69-44(65-26)36(59)32(24)55/h23-28,31-45,48-51,54-61H,1-20H2,(H,46,52)(H,47,53)/t23?,24?,25?,26?,27?,28?,31-,32-,33+,34+,35?,36?,37?,38?,39?,40?,41-,42-,43+,44+/m0/s1. The average molecular weight is 994 g/mol. The molecule has 69 heavy (non-hydrogen) atoms. The maximum absolute atomic E-state index is 12.9. The Morgan fingerprint density at radius 2 is 0.826 bits per heavy atom. The van der Waals surface area contributed by atoms with Crippen LogP contribution < -0.4 is 26.6 Å². The highest BCUT2D eigenvalue weighted by molar-refractivity contribution is 5.76. The highest BCUT2D eigenvalue weighted by Crippen LogP contribution is 2.36. The van der Waals surface area contributed by atoms with E-state index in [0.29, 0.717) is 62.8 Å². The molecule has 0 saturated carbocycles. The van der Waals surface area contributed by atoms with Crippen molar-refractivity contribution in [1.82, 2.24) is 26.6 Å². The number of aliphatic hydroxyl groups is 10. The van der Waals surface area contributed by atoms with Crippen LogP contribution in [0, 0.1) is 11.8 Å². The SMILES string of the molecule is C=C(CCC(=O)NCC1O[C@@H]2OC3C(CO)O[C@H](OCCCCC1[C@H](O)C2O)C(O)[C@H]3O)NCNCNC(=C)CCC(=O)NCC1O[C@@H]2OC3C(CO)O[C@H](OCCCCC1[C@H](O)C2O)C(O)[C@H]3O. The first-order valence-corrected chi connectivity index (χ1v) is 24.0. The first kappa shape index (κ1) is 55.6. The Balaban J connectivity index is 0.868. The lowest BCUT2D eigenvalue weighted by Crippen LogP contribution is -2.64. The fraction of sp³-hybridized carbons (Fsp3) is 0.864. The zero-order chi connectivity index (χ0) is 49.8. The van der Waals surface area contributed by atoms with Gasteiger partial charge in [0.1, 0.15) is 61.0 Å². The minimum absolute atomic E-state index is 0.0271. The first-order chi connectivity index (χ1) is 33.1. The monoisotopic (exact) mass is 994 g/mol. The van der Waals surface area contributed by atoms with Crippen molar-refractivity contribution in [3.63, 3.8) is 0 Å². The summed E-state index contributed by atoms with van der Waals surface area (Å²) in [4.78, 5) is 25.9. The molecule has 0 aromatic heterocycles. The van der Waals surface area contributed by atoms with Crippen molar-refractivity contribution in [2.75, 3.05) is 52.9 Å². The number of ether oxygens (including phenoxy) is 8. The molecule has 0 radical (unpaired) electrons. The summed E-state index contributed by atoms with van der Waals surface area (Å²) in [7, 11) is 0. The zero-order valence-electron chi connectivity index (χ0n) is 38.7. The van der Waals surface area contributed by atoms with Crippen LogP contribution in [0.4, 0.5) is 0 Å². The Labute approximate surface area is 400 Å². The molecule has 0 aliphatic carbocycles. The van der Waals surface area contributed by atoms with Gasteiger partial charge >= 0.3 is 0 Å². The number of rotatable bonds is 18. The molecule has 12 heterocycles. The molecule has 20 atom stereocenters. The fourth-order valence-corrected chi connectivity index (χ4v) is 9.45. The van der Waals surface area contributed by atoms with Gasteiger partial charge in [0.2, 0.25) is 11.8 Å². The molecule has 12 aliphatic heterocycles. The van der Waals surface area contributed by atoms with Crippen LogP contribution in [0.3, 0.4) is 0 Å². The van der Waals surface area contributed by atoms with E-state index in [2.05, 4.69) is 39.7 Å². The summed E-state index contributed by atoms with van der Waals surface area (Å²) in [6.45, 7) is 7.59. The van der Waals surface area contributed by atoms with E-state index < -0.39 is 136 Å². The number of aliphatic hydroxyl groups excluding tert-OH is 10. The molecule has 12 unspecified atom stereocenters. The van der Waals surface area contributed by atoms with E-state index in [4.69, 9.17) is 37.9 Å². The molecule has 12 saturated heterocycles. The molecular weight excluding hydrogens is 918 g/mol. The van der Waals surface area contributed by atoms with Crippen molar-refractivity contribution in [3.8, 4) is 0 Å². The van der Waals surface area contributed by atoms with Crippen molar-refractivity contribution in [1.29, 1.82) is 0 Å². The molecule has 2 amide bonds. The van der Waals surface area contributed by atoms with Crippen molar-refractivity contribution < 1.29 is 98.5 Å². The number of hydrogen-bond donors (Lipinski definition) is 15. The van der Waals surface area contributed by atoms with E-state index in [1.54, 1.807) is 0 Å². The Hall–Kier alpha value is -2.74. The van der Waals surface area contributed by atoms with E-state index in [0.717, 1.165) is 0 Å². The minimum atomic E-state index is -1.57. The lowest BCUT2D eigenvalue weighted by molar-refractivity contribution is -0.355. The highest BCUT2D eigenvalue weighted by Gasteiger charge is 2.53. The second kappa shape index (κ2) is 26.8. The molecule has 0 spiro atoms. The summed E-state index contributed by atoms with van der Waals surface area (Å²) in [5, 5.41) is 122. The molecule has 0 aromatic carbocycles. The maximum atomic E-state index is 12.9. The molecule has 396 valence electrons. The van der Waals surface area contributed by atoms with Crippen LogP contribution >= 0.6 is 0 Å². The van der Waals surface area contributed by atoms with Gasteiger partial charge < -0.3 is 110 Å². The molecule has 15 N–H and O–H groups in total. The number of amides is 2. The quantitative estimate of drug-likeness (QED) is 0.0450. The Morgan fingerprint density at radius 3 is 1.22 bits per heavy atom. The van der Waals surface area contributed by atoms with Crippen LogP contribution in [0.15, 0.2) is 24.6 Å². The van der Waals surface area contributed by atoms with Crippen LogP contribution in [-0.2, 0) is 47.5 Å². The van der Waals surface area contributed by atoms with Crippen LogP contribution in [0.25, 0.3) is 0 Å². The van der Waals surface area contributed by atoms with Gasteiger partial charge in [0.25, 0.3) is 0 Å². The minimum Gasteiger partial charge on any atom is -0.394 e. The van der Waals surface area contributed by atoms with Gasteiger partial charge in [-0.15, -0.1) is 0 Å². The van der Waals surface area contributed by atoms with Crippen molar-refractivity contribution in [3.05, 3.63) is 24.6 Å². The topological polar surface area (TPSA) is 370 Å². The van der Waals surface area contributed by atoms with Gasteiger partial charge in [0.05, 0.1) is 51.0 Å². The van der Waals surface area contributed by atoms with E-state index in [9.17, 15) is 60.7 Å². The van der Waals surface area contributed by atoms with Gasteiger partial charge in [0.15, 0.2) is 25.2 Å². The third-order valence-electron chi connectivity index (χ3n) is 13.6. The largest absolute Gasteiger partial charge is 0.394 e. The first-order valence-electron chi connectivity index (χ1n) is 24.0. The normalized spacial score (nSPS) is 40.8. The smallest absolute Gasteiger partial charge is 0.220 e. The number of carbonyl (C=O) groups excluding carboxylic acids is 2. The second-order valence-electron chi connectivity index (χ2n) is 18.5. The number of hydrogen-bond acceptors (Lipinski definition) is 23. The molecule has 8 bridgehead atoms. The van der Waals surface area contributed by atoms with Gasteiger partial charge in [-0.1, -0.05) is 26.0 Å². The van der Waals surface area contributed by atoms with E-state index >= 15 is 0 Å². The molecule has 12 aliphatic rings. The third kappa shape index (κ3) is 14.7. The summed E-state index contributed by atoms with van der Waals surface area (Å²) < 4.78 is 46.3. The molecule has 12 rings (SSSR count). The van der Waals surface area contributed by atoms with Crippen LogP contribution in [-0.4, -0.2) is 226 Å². The number of nitrogens with one attached hydrogen (secondary N) is 5. The molecular formula is C44H75N5O20. The van der Waals surface area contributed by atoms with Crippen molar-refractivity contribution in [2.24, 2.45) is 11.8 Å². The predicted octanol–water partition coefficient (Wildman–Crippen LogP) is -5.33. The van der Waals surface area contributed by atoms with Crippen molar-refractivity contribution >= 4 is 11.8 Å². The summed E-state index contributed by atoms with van der Waals surface area (Å²) >= 11 is 0. The fourth-order valence-electron chi connectivity index (χ4n) is 9.45.